The number of thiocarbonyl (C=S) groups is 2. The molecule has 4 aliphatic heterocycles. The molecule has 0 atom stereocenters. The summed E-state index contributed by atoms with van der Waals surface area (Å²) < 4.78 is 4.69. The fourth-order valence-electron chi connectivity index (χ4n) is 12.5. The number of thioether (sulfide) groups is 1. The highest BCUT2D eigenvalue weighted by molar-refractivity contribution is 8.03. The molecule has 2 aromatic heterocycles. The van der Waals surface area contributed by atoms with Gasteiger partial charge in [-0.15, -0.1) is 0 Å². The van der Waals surface area contributed by atoms with Gasteiger partial charge in [0.2, 0.25) is 7.59 Å². The van der Waals surface area contributed by atoms with Gasteiger partial charge in [0, 0.05) is 119 Å². The monoisotopic (exact) mass is 1560 g/mol. The topological polar surface area (TPSA) is 158 Å². The summed E-state index contributed by atoms with van der Waals surface area (Å²) in [5, 5.41) is 3.96. The Morgan fingerprint density at radius 2 is 1.14 bits per heavy atom. The summed E-state index contributed by atoms with van der Waals surface area (Å²) in [6.45, 7) is 27.1. The summed E-state index contributed by atoms with van der Waals surface area (Å²) in [5.74, 6) is -0.311. The van der Waals surface area contributed by atoms with Crippen molar-refractivity contribution in [2.24, 2.45) is 0 Å². The summed E-state index contributed by atoms with van der Waals surface area (Å²) in [4.78, 5) is 88.6. The van der Waals surface area contributed by atoms with E-state index >= 15 is 0 Å². The lowest BCUT2D eigenvalue weighted by atomic mass is 9.99. The number of benzene rings is 6. The van der Waals surface area contributed by atoms with Gasteiger partial charge in [-0.05, 0) is 151 Å². The van der Waals surface area contributed by atoms with Gasteiger partial charge in [-0.25, -0.2) is 15.0 Å². The summed E-state index contributed by atoms with van der Waals surface area (Å²) in [7, 11) is -1.32. The van der Waals surface area contributed by atoms with Gasteiger partial charge in [0.15, 0.2) is 33.5 Å². The number of rotatable bonds is 12. The number of alkyl halides is 6. The van der Waals surface area contributed by atoms with E-state index in [0.717, 1.165) is 92.6 Å². The molecule has 8 aromatic rings. The third-order valence-corrected chi connectivity index (χ3v) is 21.8. The standard InChI is InChI=1S/C23H23N3O2S.C22H27N3O3S.C20H21NOSSi.C11H5Cl6N3/c1-4-24-19-10-8-7-9-16(19)17-13-15(11-12-20(17)24)14-18-21(27)25(5-2)23(29)26(6-3)22(18)28;1-6-23(7-2)15-10-11-16-14(5)12-18(28-17(16)13-15)19-20(26)24(8-3)22(29)25(9-4)21(19)27;1-24(2,3)13-21-17-10-6-7-11-18(17)23-20(21)16-12-14-8-4-5-9-15(14)19(16)22;12-10(13,14)8-18-7(6-4-2-1-3-5-6)19-9(20-8)11(15,16)17/h7-14H,4-6H2,1-3H3;10-13H,6-9H2,1-5H3;4-11H,12-13H2,1-3H3;1-5H/b;;20-16-;. The van der Waals surface area contributed by atoms with Crippen molar-refractivity contribution in [1.82, 2.24) is 39.1 Å². The molecule has 6 aromatic carbocycles. The predicted octanol–water partition coefficient (Wildman–Crippen LogP) is 18.1. The first-order valence-electron chi connectivity index (χ1n) is 33.4. The normalized spacial score (nSPS) is 16.1. The summed E-state index contributed by atoms with van der Waals surface area (Å²) in [6, 6.07) is 46.0. The van der Waals surface area contributed by atoms with Crippen LogP contribution in [0.3, 0.4) is 0 Å². The van der Waals surface area contributed by atoms with Crippen molar-refractivity contribution in [3.63, 3.8) is 0 Å². The zero-order valence-corrected chi connectivity index (χ0v) is 66.2. The Morgan fingerprint density at radius 3 is 1.71 bits per heavy atom. The quantitative estimate of drug-likeness (QED) is 0.0374. The number of carbonyl (C=O) groups excluding carboxylic acids is 5. The maximum absolute atomic E-state index is 13.0. The number of amides is 4. The molecule has 530 valence electrons. The predicted molar refractivity (Wildman–Crippen MR) is 427 cm³/mol. The van der Waals surface area contributed by atoms with Gasteiger partial charge in [-0.2, -0.15) is 0 Å². The molecule has 0 bridgehead atoms. The highest BCUT2D eigenvalue weighted by Crippen LogP contribution is 2.50. The van der Waals surface area contributed by atoms with E-state index < -0.39 is 27.5 Å². The van der Waals surface area contributed by atoms with Crippen LogP contribution in [0, 0.1) is 0 Å². The SMILES string of the molecule is CCN1C(=O)C(=C2C=C(C)c3ccc(N(CC)CC)cc3O2)C(=O)N(CC)C1=S.CCN1C(=O)C(=Cc2ccc3c(c2)c2ccccc2n3CC)C(=O)N(CC)C1=S.C[Si](C)(C)CN1/C(=C2\Cc3ccccc3C2=O)Sc2ccccc21.ClC(Cl)(Cl)c1nc(-c2ccccc2)nc(C(Cl)(Cl)Cl)n1. The Balaban J connectivity index is 0.000000148. The van der Waals surface area contributed by atoms with Crippen molar-refractivity contribution in [3.05, 3.63) is 207 Å². The van der Waals surface area contributed by atoms with E-state index in [1.807, 2.05) is 101 Å². The number of hydrogen-bond acceptors (Lipinski definition) is 14. The van der Waals surface area contributed by atoms with Crippen molar-refractivity contribution < 1.29 is 28.7 Å². The Bertz CT molecular complexity index is 4700. The number of nitrogens with zero attached hydrogens (tertiary/aromatic N) is 10. The molecular weight excluding hydrogens is 1490 g/mol. The van der Waals surface area contributed by atoms with E-state index in [2.05, 4.69) is 130 Å². The molecule has 6 heterocycles. The lowest BCUT2D eigenvalue weighted by Crippen LogP contribution is -2.56. The lowest BCUT2D eigenvalue weighted by molar-refractivity contribution is -0.135. The highest BCUT2D eigenvalue weighted by atomic mass is 35.6. The van der Waals surface area contributed by atoms with Crippen molar-refractivity contribution in [1.29, 1.82) is 0 Å². The molecule has 0 unspecified atom stereocenters. The Morgan fingerprint density at radius 1 is 0.588 bits per heavy atom. The number of fused-ring (bicyclic) bond motifs is 6. The molecule has 0 N–H and O–H groups in total. The van der Waals surface area contributed by atoms with E-state index in [-0.39, 0.29) is 62.2 Å². The van der Waals surface area contributed by atoms with Crippen LogP contribution >= 0.6 is 106 Å². The first-order chi connectivity index (χ1) is 48.5. The van der Waals surface area contributed by atoms with Crippen molar-refractivity contribution in [2.45, 2.75) is 100 Å². The van der Waals surface area contributed by atoms with E-state index in [9.17, 15) is 24.0 Å². The number of anilines is 2. The fourth-order valence-corrected chi connectivity index (χ4v) is 16.4. The third kappa shape index (κ3) is 16.2. The van der Waals surface area contributed by atoms with Crippen LogP contribution in [0.15, 0.2) is 178 Å². The van der Waals surface area contributed by atoms with Crippen LogP contribution in [0.25, 0.3) is 44.8 Å². The largest absolute Gasteiger partial charge is 0.456 e. The molecular formula is C76H76Cl6N10O6S3Si. The van der Waals surface area contributed by atoms with E-state index in [0.29, 0.717) is 37.5 Å². The van der Waals surface area contributed by atoms with Crippen molar-refractivity contribution in [3.8, 4) is 17.1 Å². The van der Waals surface area contributed by atoms with Gasteiger partial charge in [-0.1, -0.05) is 192 Å². The third-order valence-electron chi connectivity index (χ3n) is 17.4. The molecule has 2 fully saturated rings. The van der Waals surface area contributed by atoms with E-state index in [1.165, 1.54) is 35.7 Å². The summed E-state index contributed by atoms with van der Waals surface area (Å²) >= 11 is 47.2. The smallest absolute Gasteiger partial charge is 0.269 e. The van der Waals surface area contributed by atoms with Gasteiger partial charge < -0.3 is 19.1 Å². The molecule has 0 spiro atoms. The van der Waals surface area contributed by atoms with Crippen LogP contribution in [-0.2, 0) is 39.7 Å². The molecule has 102 heavy (non-hydrogen) atoms. The van der Waals surface area contributed by atoms with Crippen LogP contribution in [0.4, 0.5) is 11.4 Å². The van der Waals surface area contributed by atoms with Crippen molar-refractivity contribution in [2.75, 3.05) is 55.2 Å². The maximum atomic E-state index is 13.0. The molecule has 1 aliphatic carbocycles. The average molecular weight is 1560 g/mol. The minimum Gasteiger partial charge on any atom is -0.456 e. The second-order valence-electron chi connectivity index (χ2n) is 25.2. The second-order valence-corrected chi connectivity index (χ2v) is 37.0. The van der Waals surface area contributed by atoms with Crippen LogP contribution in [0.2, 0.25) is 19.6 Å². The highest BCUT2D eigenvalue weighted by Gasteiger charge is 2.43. The minimum atomic E-state index is -1.85. The number of ketones is 1. The number of hydrogen-bond donors (Lipinski definition) is 0. The number of ether oxygens (including phenoxy) is 1. The molecule has 4 amide bonds. The average Bonchev–Trinajstić information content (AvgIpc) is 1.72. The first kappa shape index (κ1) is 77.1. The van der Waals surface area contributed by atoms with Gasteiger partial charge >= 0.3 is 0 Å². The van der Waals surface area contributed by atoms with Gasteiger partial charge in [0.25, 0.3) is 23.6 Å². The van der Waals surface area contributed by atoms with E-state index in [1.54, 1.807) is 36.0 Å². The second kappa shape index (κ2) is 32.3. The Hall–Kier alpha value is -7.47. The number of aromatic nitrogens is 4. The number of aryl methyl sites for hydroxylation is 1. The fraction of sp³-hybridized carbons (Fsp3) is 0.289. The minimum absolute atomic E-state index is 0.0283. The van der Waals surface area contributed by atoms with Crippen LogP contribution in [-0.4, -0.2) is 132 Å². The number of Topliss-reactive ketones (excluding diaryl/α,β-unsaturated/α-hetero) is 1. The zero-order valence-electron chi connectivity index (χ0n) is 58.2. The number of para-hydroxylation sites is 2. The van der Waals surface area contributed by atoms with E-state index in [4.69, 9.17) is 98.8 Å². The van der Waals surface area contributed by atoms with Crippen LogP contribution < -0.4 is 14.5 Å². The van der Waals surface area contributed by atoms with Crippen LogP contribution in [0.5, 0.6) is 5.75 Å². The zero-order chi connectivity index (χ0) is 73.9. The Kier molecular flexibility index (Phi) is 24.4. The van der Waals surface area contributed by atoms with Gasteiger partial charge in [0.05, 0.1) is 18.8 Å². The number of halogens is 6. The lowest BCUT2D eigenvalue weighted by Gasteiger charge is -2.36. The number of allylic oxidation sites excluding steroid dienone is 3. The molecule has 0 saturated carbocycles. The molecule has 26 heteroatoms. The maximum Gasteiger partial charge on any atom is 0.269 e. The van der Waals surface area contributed by atoms with Gasteiger partial charge in [-0.3, -0.25) is 43.6 Å². The number of likely N-dealkylation sites (N-methyl/N-ethyl adjacent to an activating group) is 4. The first-order valence-corrected chi connectivity index (χ1v) is 41.0. The van der Waals surface area contributed by atoms with Crippen molar-refractivity contribution >= 4 is 198 Å². The van der Waals surface area contributed by atoms with Crippen LogP contribution in [0.1, 0.15) is 94.1 Å². The molecule has 5 aliphatic rings. The summed E-state index contributed by atoms with van der Waals surface area (Å²) in [6.07, 6.45) is 5.25. The molecule has 13 rings (SSSR count). The molecule has 16 nitrogen and oxygen atoms in total. The number of carbonyl (C=O) groups is 5. The van der Waals surface area contributed by atoms with Gasteiger partial charge in [0.1, 0.15) is 22.7 Å². The Labute approximate surface area is 640 Å². The molecule has 0 radical (unpaired) electrons. The summed E-state index contributed by atoms with van der Waals surface area (Å²) in [5.41, 5.74) is 11.2. The molecule has 2 saturated heterocycles.